The number of rotatable bonds is 8. The van der Waals surface area contributed by atoms with Gasteiger partial charge in [0.25, 0.3) is 11.8 Å². The summed E-state index contributed by atoms with van der Waals surface area (Å²) < 4.78 is 0. The van der Waals surface area contributed by atoms with E-state index in [0.717, 1.165) is 10.5 Å². The largest absolute Gasteiger partial charge is 0.354 e. The number of nitrogens with one attached hydrogen (secondary N) is 2. The Morgan fingerprint density at radius 2 is 1.47 bits per heavy atom. The molecule has 30 heavy (non-hydrogen) atoms. The van der Waals surface area contributed by atoms with Crippen LogP contribution in [0.25, 0.3) is 0 Å². The minimum atomic E-state index is -0.936. The molecule has 0 saturated carbocycles. The normalized spacial score (nSPS) is 13.7. The second-order valence-corrected chi connectivity index (χ2v) is 7.33. The fourth-order valence-electron chi connectivity index (χ4n) is 3.31. The van der Waals surface area contributed by atoms with E-state index in [1.54, 1.807) is 24.3 Å². The van der Waals surface area contributed by atoms with Crippen molar-refractivity contribution < 1.29 is 19.2 Å². The van der Waals surface area contributed by atoms with Gasteiger partial charge in [0.05, 0.1) is 11.1 Å². The van der Waals surface area contributed by atoms with Crippen molar-refractivity contribution in [1.29, 1.82) is 0 Å². The molecule has 0 radical (unpaired) electrons. The maximum atomic E-state index is 12.4. The number of carbonyl (C=O) groups is 4. The van der Waals surface area contributed by atoms with Crippen LogP contribution in [-0.4, -0.2) is 47.7 Å². The van der Waals surface area contributed by atoms with Gasteiger partial charge in [0.1, 0.15) is 6.04 Å². The Kier molecular flexibility index (Phi) is 6.61. The molecule has 4 amide bonds. The molecule has 0 aromatic heterocycles. The summed E-state index contributed by atoms with van der Waals surface area (Å²) in [5, 5.41) is 5.42. The molecule has 2 aromatic rings. The molecule has 7 heteroatoms. The average molecular weight is 407 g/mol. The Morgan fingerprint density at radius 3 is 2.07 bits per heavy atom. The third-order valence-corrected chi connectivity index (χ3v) is 5.10. The molecule has 1 aliphatic heterocycles. The van der Waals surface area contributed by atoms with E-state index in [2.05, 4.69) is 10.6 Å². The lowest BCUT2D eigenvalue weighted by molar-refractivity contribution is -0.125. The number of carbonyl (C=O) groups excluding carboxylic acids is 4. The first-order valence-electron chi connectivity index (χ1n) is 9.95. The summed E-state index contributed by atoms with van der Waals surface area (Å²) in [4.78, 5) is 50.2. The summed E-state index contributed by atoms with van der Waals surface area (Å²) >= 11 is 0. The van der Waals surface area contributed by atoms with Crippen LogP contribution in [0, 0.1) is 6.92 Å². The minimum Gasteiger partial charge on any atom is -0.354 e. The molecule has 1 atom stereocenters. The van der Waals surface area contributed by atoms with Gasteiger partial charge in [-0.05, 0) is 38.0 Å². The maximum absolute atomic E-state index is 12.4. The highest BCUT2D eigenvalue weighted by molar-refractivity contribution is 6.22. The first-order chi connectivity index (χ1) is 14.4. The van der Waals surface area contributed by atoms with E-state index in [9.17, 15) is 19.2 Å². The van der Waals surface area contributed by atoms with Crippen LogP contribution in [0.2, 0.25) is 0 Å². The zero-order valence-electron chi connectivity index (χ0n) is 17.1. The molecular formula is C23H25N3O4. The van der Waals surface area contributed by atoms with Gasteiger partial charge in [0, 0.05) is 19.5 Å². The number of amides is 4. The van der Waals surface area contributed by atoms with Crippen LogP contribution in [-0.2, 0) is 16.0 Å². The van der Waals surface area contributed by atoms with Gasteiger partial charge in [-0.15, -0.1) is 0 Å². The first-order valence-corrected chi connectivity index (χ1v) is 9.95. The summed E-state index contributed by atoms with van der Waals surface area (Å²) in [7, 11) is 0. The fraction of sp³-hybridized carbons (Fsp3) is 0.304. The van der Waals surface area contributed by atoms with Crippen LogP contribution in [0.4, 0.5) is 0 Å². The Bertz CT molecular complexity index is 934. The van der Waals surface area contributed by atoms with Crippen LogP contribution in [0.1, 0.15) is 45.2 Å². The van der Waals surface area contributed by atoms with E-state index in [1.807, 2.05) is 31.2 Å². The Morgan fingerprint density at radius 1 is 0.900 bits per heavy atom. The number of fused-ring (bicyclic) bond motifs is 1. The highest BCUT2D eigenvalue weighted by atomic mass is 16.2. The van der Waals surface area contributed by atoms with E-state index in [4.69, 9.17) is 0 Å². The molecule has 0 saturated heterocycles. The summed E-state index contributed by atoms with van der Waals surface area (Å²) in [6.45, 7) is 4.01. The van der Waals surface area contributed by atoms with Crippen molar-refractivity contribution >= 4 is 23.6 Å². The third-order valence-electron chi connectivity index (χ3n) is 5.10. The Hall–Kier alpha value is -3.48. The average Bonchev–Trinajstić information content (AvgIpc) is 3.00. The molecular weight excluding hydrogens is 382 g/mol. The smallest absolute Gasteiger partial charge is 0.262 e. The van der Waals surface area contributed by atoms with Crippen molar-refractivity contribution in [2.45, 2.75) is 32.7 Å². The molecule has 0 bridgehead atoms. The highest BCUT2D eigenvalue weighted by Gasteiger charge is 2.40. The lowest BCUT2D eigenvalue weighted by Gasteiger charge is -2.21. The van der Waals surface area contributed by atoms with Gasteiger partial charge in [-0.25, -0.2) is 0 Å². The lowest BCUT2D eigenvalue weighted by Crippen LogP contribution is -2.49. The predicted octanol–water partition coefficient (Wildman–Crippen LogP) is 1.84. The predicted molar refractivity (Wildman–Crippen MR) is 112 cm³/mol. The molecule has 7 nitrogen and oxygen atoms in total. The lowest BCUT2D eigenvalue weighted by atomic mass is 10.1. The van der Waals surface area contributed by atoms with Crippen molar-refractivity contribution in [3.8, 4) is 0 Å². The molecule has 1 unspecified atom stereocenters. The third kappa shape index (κ3) is 4.74. The van der Waals surface area contributed by atoms with Crippen molar-refractivity contribution in [3.63, 3.8) is 0 Å². The Labute approximate surface area is 175 Å². The van der Waals surface area contributed by atoms with Gasteiger partial charge >= 0.3 is 0 Å². The highest BCUT2D eigenvalue weighted by Crippen LogP contribution is 2.24. The van der Waals surface area contributed by atoms with Crippen molar-refractivity contribution in [3.05, 3.63) is 70.8 Å². The molecule has 0 aliphatic carbocycles. The molecule has 1 aliphatic rings. The monoisotopic (exact) mass is 407 g/mol. The number of hydrogen-bond acceptors (Lipinski definition) is 4. The van der Waals surface area contributed by atoms with E-state index < -0.39 is 23.8 Å². The summed E-state index contributed by atoms with van der Waals surface area (Å²) in [5.41, 5.74) is 2.89. The number of imide groups is 1. The number of aryl methyl sites for hydroxylation is 2. The topological polar surface area (TPSA) is 95.6 Å². The molecule has 0 fully saturated rings. The van der Waals surface area contributed by atoms with Gasteiger partial charge in [0.2, 0.25) is 11.8 Å². The molecule has 2 N–H and O–H groups in total. The van der Waals surface area contributed by atoms with E-state index >= 15 is 0 Å². The number of nitrogens with zero attached hydrogens (tertiary/aromatic N) is 1. The molecule has 2 aromatic carbocycles. The quantitative estimate of drug-likeness (QED) is 0.516. The molecule has 3 rings (SSSR count). The van der Waals surface area contributed by atoms with E-state index in [1.165, 1.54) is 12.5 Å². The van der Waals surface area contributed by atoms with Crippen molar-refractivity contribution in [2.24, 2.45) is 0 Å². The van der Waals surface area contributed by atoms with Gasteiger partial charge in [-0.2, -0.15) is 0 Å². The molecule has 1 heterocycles. The zero-order chi connectivity index (χ0) is 21.7. The summed E-state index contributed by atoms with van der Waals surface area (Å²) in [6, 6.07) is 13.6. The van der Waals surface area contributed by atoms with Gasteiger partial charge in [0.15, 0.2) is 0 Å². The maximum Gasteiger partial charge on any atom is 0.262 e. The number of benzene rings is 2. The van der Waals surface area contributed by atoms with Crippen molar-refractivity contribution in [1.82, 2.24) is 15.5 Å². The standard InChI is InChI=1S/C23H25N3O4/c1-15-7-9-17(10-8-15)11-12-20(27)24-13-14-25-21(28)16(2)26-22(29)18-5-3-4-6-19(18)23(26)30/h3-10,16H,11-14H2,1-2H3,(H,24,27)(H,25,28). The van der Waals surface area contributed by atoms with Gasteiger partial charge in [-0.1, -0.05) is 42.0 Å². The summed E-state index contributed by atoms with van der Waals surface area (Å²) in [5.74, 6) is -1.48. The van der Waals surface area contributed by atoms with Crippen LogP contribution in [0.15, 0.2) is 48.5 Å². The minimum absolute atomic E-state index is 0.0989. The van der Waals surface area contributed by atoms with Crippen LogP contribution >= 0.6 is 0 Å². The van der Waals surface area contributed by atoms with Crippen LogP contribution < -0.4 is 10.6 Å². The van der Waals surface area contributed by atoms with Crippen molar-refractivity contribution in [2.75, 3.05) is 13.1 Å². The van der Waals surface area contributed by atoms with Crippen LogP contribution in [0.5, 0.6) is 0 Å². The fourth-order valence-corrected chi connectivity index (χ4v) is 3.31. The van der Waals surface area contributed by atoms with Gasteiger partial charge < -0.3 is 10.6 Å². The zero-order valence-corrected chi connectivity index (χ0v) is 17.1. The Balaban J connectivity index is 1.40. The van der Waals surface area contributed by atoms with Crippen LogP contribution in [0.3, 0.4) is 0 Å². The van der Waals surface area contributed by atoms with E-state index in [0.29, 0.717) is 24.0 Å². The molecule has 0 spiro atoms. The van der Waals surface area contributed by atoms with Gasteiger partial charge in [-0.3, -0.25) is 24.1 Å². The number of hydrogen-bond donors (Lipinski definition) is 2. The SMILES string of the molecule is Cc1ccc(CCC(=O)NCCNC(=O)C(C)N2C(=O)c3ccccc3C2=O)cc1. The second kappa shape index (κ2) is 9.35. The van der Waals surface area contributed by atoms with E-state index in [-0.39, 0.29) is 19.0 Å². The second-order valence-electron chi connectivity index (χ2n) is 7.33. The first kappa shape index (κ1) is 21.2. The molecule has 156 valence electrons. The summed E-state index contributed by atoms with van der Waals surface area (Å²) in [6.07, 6.45) is 1.01.